The lowest BCUT2D eigenvalue weighted by Gasteiger charge is -2.37. The van der Waals surface area contributed by atoms with Crippen molar-refractivity contribution in [1.82, 2.24) is 0 Å². The van der Waals surface area contributed by atoms with Gasteiger partial charge in [0.05, 0.1) is 27.9 Å². The van der Waals surface area contributed by atoms with Crippen LogP contribution in [-0.4, -0.2) is 0 Å². The molecule has 0 fully saturated rings. The molecule has 0 spiro atoms. The van der Waals surface area contributed by atoms with E-state index in [4.69, 9.17) is 4.42 Å². The van der Waals surface area contributed by atoms with Gasteiger partial charge >= 0.3 is 0 Å². The molecular formula is C95H91N3O. The molecule has 99 heavy (non-hydrogen) atoms. The fourth-order valence-corrected chi connectivity index (χ4v) is 15.4. The summed E-state index contributed by atoms with van der Waals surface area (Å²) in [5.41, 5.74) is 23.4. The molecule has 0 bridgehead atoms. The van der Waals surface area contributed by atoms with Crippen molar-refractivity contribution in [3.63, 3.8) is 0 Å². The maximum absolute atomic E-state index is 7.66. The second kappa shape index (κ2) is 23.9. The lowest BCUT2D eigenvalue weighted by atomic mass is 9.67. The van der Waals surface area contributed by atoms with Gasteiger partial charge in [0.15, 0.2) is 0 Å². The molecule has 0 N–H and O–H groups in total. The molecule has 0 saturated carbocycles. The van der Waals surface area contributed by atoms with Gasteiger partial charge in [-0.25, -0.2) is 0 Å². The van der Waals surface area contributed by atoms with E-state index in [2.05, 4.69) is 398 Å². The number of nitrogens with zero attached hydrogens (tertiary/aromatic N) is 3. The first-order valence-electron chi connectivity index (χ1n) is 35.4. The van der Waals surface area contributed by atoms with Crippen molar-refractivity contribution in [1.29, 1.82) is 0 Å². The number of benzene rings is 13. The van der Waals surface area contributed by atoms with Crippen LogP contribution in [0, 0.1) is 0 Å². The van der Waals surface area contributed by atoms with Crippen LogP contribution < -0.4 is 14.7 Å². The van der Waals surface area contributed by atoms with E-state index >= 15 is 0 Å². The standard InChI is InChI=1S/C95H91N3O/c1-90(2,3)64-34-36-69(37-35-64)95(70-46-56-73(57-47-70)96(71-48-38-65(39-49-71)91(4,5)6)72-50-40-66(41-51-72)92(7,8)9)81-60-76(97(74-52-42-67(43-53-74)93(10,11)12)83-31-22-26-62-24-16-18-28-77(62)83)58-59-79(81)87-82(95)61-85(88-80-30-20-21-33-86(80)99-89(87)88)98(75-54-44-68(45-55-75)94(13,14)15)84-32-23-27-63-25-17-19-29-78(63)84/h16-61H,1-15H3. The highest BCUT2D eigenvalue weighted by Crippen LogP contribution is 2.63. The monoisotopic (exact) mass is 1290 g/mol. The largest absolute Gasteiger partial charge is 0.455 e. The van der Waals surface area contributed by atoms with Crippen molar-refractivity contribution in [3.05, 3.63) is 329 Å². The Bertz CT molecular complexity index is 5280. The quantitative estimate of drug-likeness (QED) is 0.129. The zero-order valence-electron chi connectivity index (χ0n) is 60.3. The average Bonchev–Trinajstić information content (AvgIpc) is 1.52. The second-order valence-corrected chi connectivity index (χ2v) is 32.7. The molecule has 14 aromatic rings. The highest BCUT2D eigenvalue weighted by atomic mass is 16.3. The van der Waals surface area contributed by atoms with Crippen molar-refractivity contribution in [3.8, 4) is 11.1 Å². The minimum atomic E-state index is -0.966. The number of anilines is 9. The molecule has 15 rings (SSSR count). The molecule has 1 aliphatic rings. The van der Waals surface area contributed by atoms with Gasteiger partial charge in [-0.2, -0.15) is 0 Å². The third-order valence-electron chi connectivity index (χ3n) is 20.9. The lowest BCUT2D eigenvalue weighted by Crippen LogP contribution is -2.29. The van der Waals surface area contributed by atoms with Crippen LogP contribution >= 0.6 is 0 Å². The Hall–Kier alpha value is -10.4. The van der Waals surface area contributed by atoms with Crippen molar-refractivity contribution < 1.29 is 4.42 Å². The third kappa shape index (κ3) is 11.4. The Morgan fingerprint density at radius 3 is 1.06 bits per heavy atom. The number of hydrogen-bond acceptors (Lipinski definition) is 4. The molecule has 0 amide bonds. The Morgan fingerprint density at radius 1 is 0.273 bits per heavy atom. The Morgan fingerprint density at radius 2 is 0.616 bits per heavy atom. The van der Waals surface area contributed by atoms with Gasteiger partial charge in [-0.05, 0) is 191 Å². The summed E-state index contributed by atoms with van der Waals surface area (Å²) in [6.45, 7) is 34.5. The molecule has 13 aromatic carbocycles. The van der Waals surface area contributed by atoms with Gasteiger partial charge in [-0.3, -0.25) is 0 Å². The Balaban J connectivity index is 1.08. The van der Waals surface area contributed by atoms with Gasteiger partial charge < -0.3 is 19.1 Å². The van der Waals surface area contributed by atoms with Gasteiger partial charge in [0.25, 0.3) is 0 Å². The number of fused-ring (bicyclic) bond motifs is 9. The van der Waals surface area contributed by atoms with Crippen LogP contribution in [0.3, 0.4) is 0 Å². The minimum absolute atomic E-state index is 0.00803. The first-order valence-corrected chi connectivity index (χ1v) is 35.4. The number of para-hydroxylation sites is 1. The predicted octanol–water partition coefficient (Wildman–Crippen LogP) is 27.2. The topological polar surface area (TPSA) is 22.9 Å². The molecule has 0 saturated heterocycles. The second-order valence-electron chi connectivity index (χ2n) is 32.7. The maximum atomic E-state index is 7.66. The van der Waals surface area contributed by atoms with E-state index in [9.17, 15) is 0 Å². The van der Waals surface area contributed by atoms with Crippen LogP contribution in [0.2, 0.25) is 0 Å². The Kier molecular flexibility index (Phi) is 15.6. The molecule has 1 atom stereocenters. The summed E-state index contributed by atoms with van der Waals surface area (Å²) in [5.74, 6) is 0. The van der Waals surface area contributed by atoms with Crippen molar-refractivity contribution in [2.24, 2.45) is 0 Å². The highest BCUT2D eigenvalue weighted by Gasteiger charge is 2.49. The lowest BCUT2D eigenvalue weighted by molar-refractivity contribution is 0.589. The molecule has 1 unspecified atom stereocenters. The van der Waals surface area contributed by atoms with E-state index in [1.165, 1.54) is 49.5 Å². The van der Waals surface area contributed by atoms with Gasteiger partial charge in [0.2, 0.25) is 0 Å². The third-order valence-corrected chi connectivity index (χ3v) is 20.9. The molecule has 1 heterocycles. The molecule has 0 radical (unpaired) electrons. The SMILES string of the molecule is CC(C)(C)c1ccc(N(c2ccc(C(C)(C)C)cc2)c2ccc(C3(c4ccc(C(C)(C)C)cc4)c4cc(N(c5ccc(C(C)(C)C)cc5)c5cccc6ccccc56)ccc4-c4c3cc(N(c3ccc(C(C)(C)C)cc3)c3cccc5ccccc35)c3c4oc4ccccc43)cc2)cc1. The van der Waals surface area contributed by atoms with Crippen LogP contribution in [0.4, 0.5) is 51.2 Å². The van der Waals surface area contributed by atoms with Crippen molar-refractivity contribution >= 4 is 94.7 Å². The maximum Gasteiger partial charge on any atom is 0.145 e. The van der Waals surface area contributed by atoms with E-state index < -0.39 is 5.41 Å². The van der Waals surface area contributed by atoms with Crippen LogP contribution in [0.1, 0.15) is 154 Å². The fraction of sp³-hybridized carbons (Fsp3) is 0.221. The molecule has 4 nitrogen and oxygen atoms in total. The normalized spacial score (nSPS) is 14.3. The smallest absolute Gasteiger partial charge is 0.145 e. The summed E-state index contributed by atoms with van der Waals surface area (Å²) in [6, 6.07) is 106. The van der Waals surface area contributed by atoms with E-state index in [-0.39, 0.29) is 27.1 Å². The molecule has 4 heteroatoms. The molecule has 0 aliphatic heterocycles. The van der Waals surface area contributed by atoms with Crippen LogP contribution in [0.25, 0.3) is 54.6 Å². The molecule has 1 aromatic heterocycles. The van der Waals surface area contributed by atoms with Gasteiger partial charge in [-0.1, -0.05) is 286 Å². The summed E-state index contributed by atoms with van der Waals surface area (Å²) in [7, 11) is 0. The van der Waals surface area contributed by atoms with E-state index in [1.54, 1.807) is 0 Å². The van der Waals surface area contributed by atoms with Crippen LogP contribution in [-0.2, 0) is 32.5 Å². The molecule has 492 valence electrons. The predicted molar refractivity (Wildman–Crippen MR) is 424 cm³/mol. The zero-order valence-corrected chi connectivity index (χ0v) is 60.3. The summed E-state index contributed by atoms with van der Waals surface area (Å²) in [5, 5.41) is 6.80. The van der Waals surface area contributed by atoms with E-state index in [0.717, 1.165) is 106 Å². The first-order chi connectivity index (χ1) is 47.2. The Labute approximate surface area is 586 Å². The first kappa shape index (κ1) is 64.6. The summed E-state index contributed by atoms with van der Waals surface area (Å²) in [6.07, 6.45) is 0. The molecular weight excluding hydrogens is 1200 g/mol. The van der Waals surface area contributed by atoms with Crippen LogP contribution in [0.15, 0.2) is 283 Å². The number of rotatable bonds is 11. The summed E-state index contributed by atoms with van der Waals surface area (Å²) >= 11 is 0. The average molecular weight is 1290 g/mol. The summed E-state index contributed by atoms with van der Waals surface area (Å²) in [4.78, 5) is 7.45. The van der Waals surface area contributed by atoms with Gasteiger partial charge in [-0.15, -0.1) is 0 Å². The van der Waals surface area contributed by atoms with Crippen LogP contribution in [0.5, 0.6) is 0 Å². The van der Waals surface area contributed by atoms with E-state index in [0.29, 0.717) is 0 Å². The zero-order chi connectivity index (χ0) is 69.1. The van der Waals surface area contributed by atoms with Gasteiger partial charge in [0.1, 0.15) is 11.2 Å². The minimum Gasteiger partial charge on any atom is -0.455 e. The fourth-order valence-electron chi connectivity index (χ4n) is 15.4. The summed E-state index contributed by atoms with van der Waals surface area (Å²) < 4.78 is 7.66. The van der Waals surface area contributed by atoms with E-state index in [1.807, 2.05) is 0 Å². The van der Waals surface area contributed by atoms with Crippen molar-refractivity contribution in [2.75, 3.05) is 14.7 Å². The number of furan rings is 1. The van der Waals surface area contributed by atoms with Crippen molar-refractivity contribution in [2.45, 2.75) is 136 Å². The van der Waals surface area contributed by atoms with Gasteiger partial charge in [0, 0.05) is 55.8 Å². The number of hydrogen-bond donors (Lipinski definition) is 0. The highest BCUT2D eigenvalue weighted by molar-refractivity contribution is 6.20. The molecule has 1 aliphatic carbocycles.